The molecule has 1 N–H and O–H groups in total. The van der Waals surface area contributed by atoms with Gasteiger partial charge in [-0.05, 0) is 58.8 Å². The van der Waals surface area contributed by atoms with Crippen LogP contribution in [0.1, 0.15) is 43.2 Å². The van der Waals surface area contributed by atoms with Gasteiger partial charge < -0.3 is 14.6 Å². The first-order valence-electron chi connectivity index (χ1n) is 9.25. The third-order valence-corrected chi connectivity index (χ3v) is 5.29. The van der Waals surface area contributed by atoms with Crippen LogP contribution >= 0.6 is 0 Å². The molecule has 1 saturated carbocycles. The molecule has 1 aliphatic heterocycles. The fourth-order valence-electron chi connectivity index (χ4n) is 3.46. The minimum Gasteiger partial charge on any atom is -0.465 e. The Morgan fingerprint density at radius 1 is 1.20 bits per heavy atom. The third kappa shape index (κ3) is 4.42. The standard InChI is InChI=1S/C19H29N3O3/c1-13-4-7-17(25-13)16(21(2)3)12-20-18(23)14-8-10-22(11-9-14)19(24)15-5-6-15/h4,7,14-16H,5-6,8-12H2,1-3H3,(H,20,23). The topological polar surface area (TPSA) is 65.8 Å². The molecule has 2 heterocycles. The van der Waals surface area contributed by atoms with E-state index in [9.17, 15) is 9.59 Å². The third-order valence-electron chi connectivity index (χ3n) is 5.29. The normalized spacial score (nSPS) is 19.9. The van der Waals surface area contributed by atoms with E-state index < -0.39 is 0 Å². The van der Waals surface area contributed by atoms with Gasteiger partial charge in [0.05, 0.1) is 6.04 Å². The van der Waals surface area contributed by atoms with Crippen molar-refractivity contribution in [1.29, 1.82) is 0 Å². The van der Waals surface area contributed by atoms with E-state index in [1.54, 1.807) is 0 Å². The van der Waals surface area contributed by atoms with E-state index in [1.807, 2.05) is 38.1 Å². The number of rotatable bonds is 6. The largest absolute Gasteiger partial charge is 0.465 e. The van der Waals surface area contributed by atoms with Crippen LogP contribution in [0.5, 0.6) is 0 Å². The SMILES string of the molecule is Cc1ccc(C(CNC(=O)C2CCN(C(=O)C3CC3)CC2)N(C)C)o1. The van der Waals surface area contributed by atoms with Crippen molar-refractivity contribution >= 4 is 11.8 Å². The molecule has 0 aromatic carbocycles. The monoisotopic (exact) mass is 347 g/mol. The van der Waals surface area contributed by atoms with E-state index in [4.69, 9.17) is 4.42 Å². The number of nitrogens with one attached hydrogen (secondary N) is 1. The number of hydrogen-bond acceptors (Lipinski definition) is 4. The van der Waals surface area contributed by atoms with E-state index >= 15 is 0 Å². The molecule has 1 aromatic heterocycles. The minimum absolute atomic E-state index is 0.00408. The Kier molecular flexibility index (Phi) is 5.47. The van der Waals surface area contributed by atoms with Crippen molar-refractivity contribution in [3.63, 3.8) is 0 Å². The van der Waals surface area contributed by atoms with E-state index in [0.717, 1.165) is 37.2 Å². The van der Waals surface area contributed by atoms with E-state index in [-0.39, 0.29) is 23.8 Å². The highest BCUT2D eigenvalue weighted by atomic mass is 16.3. The number of carbonyl (C=O) groups excluding carboxylic acids is 2. The lowest BCUT2D eigenvalue weighted by atomic mass is 9.95. The molecule has 0 bridgehead atoms. The Morgan fingerprint density at radius 2 is 1.88 bits per heavy atom. The van der Waals surface area contributed by atoms with Crippen LogP contribution < -0.4 is 5.32 Å². The predicted octanol–water partition coefficient (Wildman–Crippen LogP) is 1.96. The molecule has 6 nitrogen and oxygen atoms in total. The van der Waals surface area contributed by atoms with Crippen molar-refractivity contribution in [3.8, 4) is 0 Å². The number of aryl methyl sites for hydroxylation is 1. The molecule has 1 atom stereocenters. The Labute approximate surface area is 149 Å². The highest BCUT2D eigenvalue weighted by molar-refractivity contribution is 5.82. The van der Waals surface area contributed by atoms with Crippen LogP contribution in [-0.2, 0) is 9.59 Å². The van der Waals surface area contributed by atoms with Crippen LogP contribution in [0.2, 0.25) is 0 Å². The number of piperidine rings is 1. The van der Waals surface area contributed by atoms with Gasteiger partial charge in [-0.1, -0.05) is 0 Å². The van der Waals surface area contributed by atoms with Gasteiger partial charge >= 0.3 is 0 Å². The number of likely N-dealkylation sites (N-methyl/N-ethyl adjacent to an activating group) is 1. The first-order valence-corrected chi connectivity index (χ1v) is 9.25. The summed E-state index contributed by atoms with van der Waals surface area (Å²) in [4.78, 5) is 28.6. The van der Waals surface area contributed by atoms with Gasteiger partial charge in [-0.15, -0.1) is 0 Å². The molecule has 2 fully saturated rings. The average molecular weight is 347 g/mol. The number of amides is 2. The molecule has 138 valence electrons. The molecule has 1 aromatic rings. The minimum atomic E-state index is 0.00408. The Morgan fingerprint density at radius 3 is 2.40 bits per heavy atom. The van der Waals surface area contributed by atoms with Crippen LogP contribution in [-0.4, -0.2) is 55.3 Å². The fourth-order valence-corrected chi connectivity index (χ4v) is 3.46. The summed E-state index contributed by atoms with van der Waals surface area (Å²) in [5.41, 5.74) is 0. The molecule has 1 saturated heterocycles. The quantitative estimate of drug-likeness (QED) is 0.854. The summed E-state index contributed by atoms with van der Waals surface area (Å²) in [6.45, 7) is 3.87. The zero-order valence-corrected chi connectivity index (χ0v) is 15.5. The second-order valence-electron chi connectivity index (χ2n) is 7.55. The number of furan rings is 1. The van der Waals surface area contributed by atoms with Crippen molar-refractivity contribution in [3.05, 3.63) is 23.7 Å². The summed E-state index contributed by atoms with van der Waals surface area (Å²) < 4.78 is 5.72. The number of carbonyl (C=O) groups is 2. The average Bonchev–Trinajstić information content (AvgIpc) is 3.36. The molecule has 1 unspecified atom stereocenters. The van der Waals surface area contributed by atoms with Gasteiger partial charge in [0, 0.05) is 31.5 Å². The van der Waals surface area contributed by atoms with Gasteiger partial charge in [-0.3, -0.25) is 14.5 Å². The molecule has 0 radical (unpaired) electrons. The van der Waals surface area contributed by atoms with E-state index in [2.05, 4.69) is 10.2 Å². The maximum absolute atomic E-state index is 12.5. The summed E-state index contributed by atoms with van der Waals surface area (Å²) >= 11 is 0. The molecular formula is C19H29N3O3. The van der Waals surface area contributed by atoms with Gasteiger partial charge in [-0.25, -0.2) is 0 Å². The van der Waals surface area contributed by atoms with Crippen molar-refractivity contribution in [2.75, 3.05) is 33.7 Å². The first-order chi connectivity index (χ1) is 12.0. The molecule has 25 heavy (non-hydrogen) atoms. The van der Waals surface area contributed by atoms with Gasteiger partial charge in [0.1, 0.15) is 11.5 Å². The zero-order chi connectivity index (χ0) is 18.0. The number of hydrogen-bond donors (Lipinski definition) is 1. The molecular weight excluding hydrogens is 318 g/mol. The van der Waals surface area contributed by atoms with Crippen LogP contribution in [0.15, 0.2) is 16.5 Å². The van der Waals surface area contributed by atoms with Gasteiger partial charge in [0.2, 0.25) is 11.8 Å². The van der Waals surface area contributed by atoms with Gasteiger partial charge in [0.15, 0.2) is 0 Å². The van der Waals surface area contributed by atoms with Crippen molar-refractivity contribution in [1.82, 2.24) is 15.1 Å². The fraction of sp³-hybridized carbons (Fsp3) is 0.684. The summed E-state index contributed by atoms with van der Waals surface area (Å²) in [6.07, 6.45) is 3.60. The molecule has 1 aliphatic carbocycles. The highest BCUT2D eigenvalue weighted by Gasteiger charge is 2.36. The Hall–Kier alpha value is -1.82. The van der Waals surface area contributed by atoms with Gasteiger partial charge in [-0.2, -0.15) is 0 Å². The lowest BCUT2D eigenvalue weighted by Gasteiger charge is -2.32. The van der Waals surface area contributed by atoms with Crippen LogP contribution in [0, 0.1) is 18.8 Å². The Bertz CT molecular complexity index is 613. The lowest BCUT2D eigenvalue weighted by molar-refractivity contribution is -0.136. The van der Waals surface area contributed by atoms with Crippen LogP contribution in [0.3, 0.4) is 0 Å². The summed E-state index contributed by atoms with van der Waals surface area (Å²) in [7, 11) is 3.97. The molecule has 0 spiro atoms. The summed E-state index contributed by atoms with van der Waals surface area (Å²) in [6, 6.07) is 3.93. The molecule has 3 rings (SSSR count). The maximum atomic E-state index is 12.5. The van der Waals surface area contributed by atoms with E-state index in [0.29, 0.717) is 25.5 Å². The zero-order valence-electron chi connectivity index (χ0n) is 15.5. The van der Waals surface area contributed by atoms with Crippen LogP contribution in [0.4, 0.5) is 0 Å². The van der Waals surface area contributed by atoms with Crippen LogP contribution in [0.25, 0.3) is 0 Å². The lowest BCUT2D eigenvalue weighted by Crippen LogP contribution is -2.44. The van der Waals surface area contributed by atoms with Crippen molar-refractivity contribution in [2.24, 2.45) is 11.8 Å². The second kappa shape index (κ2) is 7.60. The number of nitrogens with zero attached hydrogens (tertiary/aromatic N) is 2. The van der Waals surface area contributed by atoms with E-state index in [1.165, 1.54) is 0 Å². The van der Waals surface area contributed by atoms with Gasteiger partial charge in [0.25, 0.3) is 0 Å². The molecule has 2 amide bonds. The molecule has 2 aliphatic rings. The smallest absolute Gasteiger partial charge is 0.225 e. The number of likely N-dealkylation sites (tertiary alicyclic amines) is 1. The highest BCUT2D eigenvalue weighted by Crippen LogP contribution is 2.32. The molecule has 6 heteroatoms. The summed E-state index contributed by atoms with van der Waals surface area (Å²) in [5.74, 6) is 2.40. The Balaban J connectivity index is 1.47. The van der Waals surface area contributed by atoms with Crippen molar-refractivity contribution in [2.45, 2.75) is 38.6 Å². The maximum Gasteiger partial charge on any atom is 0.225 e. The second-order valence-corrected chi connectivity index (χ2v) is 7.55. The summed E-state index contributed by atoms with van der Waals surface area (Å²) in [5, 5.41) is 3.08. The van der Waals surface area contributed by atoms with Crippen molar-refractivity contribution < 1.29 is 14.0 Å². The predicted molar refractivity (Wildman–Crippen MR) is 94.9 cm³/mol. The first kappa shape index (κ1) is 18.0.